The topological polar surface area (TPSA) is 92.4 Å². The van der Waals surface area contributed by atoms with E-state index in [4.69, 9.17) is 5.21 Å². The van der Waals surface area contributed by atoms with Crippen molar-refractivity contribution in [3.8, 4) is 0 Å². The van der Waals surface area contributed by atoms with Gasteiger partial charge in [0.25, 0.3) is 5.91 Å². The molecule has 1 atom stereocenters. The Morgan fingerprint density at radius 2 is 1.45 bits per heavy atom. The van der Waals surface area contributed by atoms with E-state index in [0.29, 0.717) is 11.3 Å². The molecule has 0 saturated carbocycles. The molecule has 0 aliphatic carbocycles. The van der Waals surface area contributed by atoms with Crippen LogP contribution in [-0.4, -0.2) is 30.9 Å². The van der Waals surface area contributed by atoms with Crippen LogP contribution in [0.15, 0.2) is 84.0 Å². The number of anilines is 1. The minimum atomic E-state index is -1.04. The summed E-state index contributed by atoms with van der Waals surface area (Å²) in [5.74, 6) is -0.416. The number of nitrogens with one attached hydrogen (secondary N) is 2. The van der Waals surface area contributed by atoms with Gasteiger partial charge in [-0.05, 0) is 24.3 Å². The highest BCUT2D eigenvalue weighted by molar-refractivity contribution is 6.13. The lowest BCUT2D eigenvalue weighted by atomic mass is 10.0. The molecule has 0 radical (unpaired) electrons. The standard InChI is InChI=1S/C22H22N4O3/c1-25(2)19-12-8-17(9-13-19)21(16-6-4-3-5-7-16)23-24-22(27)18-10-14-20(15-11-18)26(28)29/h3-15,26,28H,1-2H3,(H,24,27). The molecule has 0 bridgehead atoms. The van der Waals surface area contributed by atoms with Gasteiger partial charge in [-0.1, -0.05) is 42.5 Å². The Balaban J connectivity index is 1.88. The van der Waals surface area contributed by atoms with E-state index >= 15 is 0 Å². The number of amides is 1. The van der Waals surface area contributed by atoms with Gasteiger partial charge in [0.05, 0.1) is 5.71 Å². The summed E-state index contributed by atoms with van der Waals surface area (Å²) in [5.41, 5.74) is 6.44. The monoisotopic (exact) mass is 390 g/mol. The zero-order valence-corrected chi connectivity index (χ0v) is 16.2. The number of carbonyl (C=O) groups excluding carboxylic acids is 1. The molecule has 3 aromatic carbocycles. The zero-order chi connectivity index (χ0) is 20.8. The molecule has 148 valence electrons. The molecular formula is C22H22N4O3. The van der Waals surface area contributed by atoms with Crippen LogP contribution in [0.5, 0.6) is 0 Å². The number of benzene rings is 3. The van der Waals surface area contributed by atoms with Gasteiger partial charge in [-0.3, -0.25) is 4.79 Å². The maximum atomic E-state index is 12.5. The average molecular weight is 390 g/mol. The van der Waals surface area contributed by atoms with Gasteiger partial charge in [0.2, 0.25) is 0 Å². The molecule has 0 aliphatic heterocycles. The maximum Gasteiger partial charge on any atom is 0.271 e. The predicted octanol–water partition coefficient (Wildman–Crippen LogP) is 2.34. The van der Waals surface area contributed by atoms with E-state index in [-0.39, 0.29) is 5.69 Å². The molecule has 7 nitrogen and oxygen atoms in total. The van der Waals surface area contributed by atoms with Crippen molar-refractivity contribution >= 4 is 23.0 Å². The minimum Gasteiger partial charge on any atom is -0.595 e. The van der Waals surface area contributed by atoms with Crippen molar-refractivity contribution in [1.29, 1.82) is 0 Å². The Bertz CT molecular complexity index is 983. The molecule has 0 heterocycles. The van der Waals surface area contributed by atoms with Crippen LogP contribution in [0.3, 0.4) is 0 Å². The molecule has 0 spiro atoms. The third-order valence-electron chi connectivity index (χ3n) is 4.37. The van der Waals surface area contributed by atoms with Crippen LogP contribution in [0, 0.1) is 5.21 Å². The van der Waals surface area contributed by atoms with E-state index in [9.17, 15) is 10.0 Å². The Kier molecular flexibility index (Phi) is 6.36. The second-order valence-corrected chi connectivity index (χ2v) is 6.59. The number of carbonyl (C=O) groups is 1. The van der Waals surface area contributed by atoms with Gasteiger partial charge in [-0.25, -0.2) is 10.6 Å². The molecule has 0 fully saturated rings. The third kappa shape index (κ3) is 5.05. The van der Waals surface area contributed by atoms with Gasteiger partial charge in [0.15, 0.2) is 5.69 Å². The van der Waals surface area contributed by atoms with Crippen molar-refractivity contribution in [3.05, 3.63) is 101 Å². The van der Waals surface area contributed by atoms with E-state index in [1.807, 2.05) is 73.6 Å². The van der Waals surface area contributed by atoms with E-state index < -0.39 is 11.1 Å². The molecule has 29 heavy (non-hydrogen) atoms. The summed E-state index contributed by atoms with van der Waals surface area (Å²) in [6, 6.07) is 23.2. The number of quaternary nitrogens is 1. The summed E-state index contributed by atoms with van der Waals surface area (Å²) in [5, 5.41) is 23.2. The van der Waals surface area contributed by atoms with Crippen LogP contribution in [0.1, 0.15) is 21.5 Å². The summed E-state index contributed by atoms with van der Waals surface area (Å²) >= 11 is 0. The third-order valence-corrected chi connectivity index (χ3v) is 4.37. The summed E-state index contributed by atoms with van der Waals surface area (Å²) < 4.78 is 0. The van der Waals surface area contributed by atoms with Crippen LogP contribution in [0.4, 0.5) is 11.4 Å². The maximum absolute atomic E-state index is 12.5. The van der Waals surface area contributed by atoms with Crippen molar-refractivity contribution < 1.29 is 15.2 Å². The van der Waals surface area contributed by atoms with Crippen molar-refractivity contribution in [3.63, 3.8) is 0 Å². The number of nitrogens with zero attached hydrogens (tertiary/aromatic N) is 2. The Morgan fingerprint density at radius 1 is 0.897 bits per heavy atom. The molecule has 3 N–H and O–H groups in total. The van der Waals surface area contributed by atoms with Gasteiger partial charge in [-0.15, -0.1) is 0 Å². The second-order valence-electron chi connectivity index (χ2n) is 6.59. The van der Waals surface area contributed by atoms with Crippen molar-refractivity contribution in [1.82, 2.24) is 5.43 Å². The molecule has 1 unspecified atom stereocenters. The van der Waals surface area contributed by atoms with Gasteiger partial charge in [0.1, 0.15) is 0 Å². The fourth-order valence-electron chi connectivity index (χ4n) is 2.74. The lowest BCUT2D eigenvalue weighted by molar-refractivity contribution is -0.991. The Labute approximate surface area is 169 Å². The first-order valence-corrected chi connectivity index (χ1v) is 9.00. The highest BCUT2D eigenvalue weighted by atomic mass is 16.8. The first-order valence-electron chi connectivity index (χ1n) is 9.00. The zero-order valence-electron chi connectivity index (χ0n) is 16.2. The number of hydrazone groups is 1. The second kappa shape index (κ2) is 9.11. The molecule has 0 saturated heterocycles. The van der Waals surface area contributed by atoms with Gasteiger partial charge < -0.3 is 10.1 Å². The smallest absolute Gasteiger partial charge is 0.271 e. The summed E-state index contributed by atoms with van der Waals surface area (Å²) in [6.07, 6.45) is 0. The molecular weight excluding hydrogens is 368 g/mol. The first-order chi connectivity index (χ1) is 14.0. The largest absolute Gasteiger partial charge is 0.595 e. The van der Waals surface area contributed by atoms with E-state index in [2.05, 4.69) is 10.5 Å². The molecule has 3 aromatic rings. The first kappa shape index (κ1) is 20.2. The van der Waals surface area contributed by atoms with Gasteiger partial charge >= 0.3 is 0 Å². The fraction of sp³-hybridized carbons (Fsp3) is 0.0909. The summed E-state index contributed by atoms with van der Waals surface area (Å²) in [4.78, 5) is 14.5. The summed E-state index contributed by atoms with van der Waals surface area (Å²) in [6.45, 7) is 0. The lowest BCUT2D eigenvalue weighted by Gasteiger charge is -2.14. The SMILES string of the molecule is CN(C)c1ccc(C(=NNC(=O)c2ccc([NH+]([O-])O)cc2)c2ccccc2)cc1. The van der Waals surface area contributed by atoms with Crippen molar-refractivity contribution in [2.24, 2.45) is 5.10 Å². The number of rotatable bonds is 6. The lowest BCUT2D eigenvalue weighted by Crippen LogP contribution is -2.99. The summed E-state index contributed by atoms with van der Waals surface area (Å²) in [7, 11) is 3.94. The van der Waals surface area contributed by atoms with E-state index in [1.54, 1.807) is 0 Å². The highest BCUT2D eigenvalue weighted by Crippen LogP contribution is 2.16. The molecule has 0 aromatic heterocycles. The van der Waals surface area contributed by atoms with Crippen LogP contribution in [0.2, 0.25) is 0 Å². The molecule has 1 amide bonds. The van der Waals surface area contributed by atoms with Crippen LogP contribution >= 0.6 is 0 Å². The fourth-order valence-corrected chi connectivity index (χ4v) is 2.74. The van der Waals surface area contributed by atoms with Crippen LogP contribution < -0.4 is 15.6 Å². The van der Waals surface area contributed by atoms with E-state index in [0.717, 1.165) is 16.8 Å². The predicted molar refractivity (Wildman–Crippen MR) is 113 cm³/mol. The van der Waals surface area contributed by atoms with Gasteiger partial charge in [0, 0.05) is 48.6 Å². The van der Waals surface area contributed by atoms with Crippen molar-refractivity contribution in [2.45, 2.75) is 0 Å². The Morgan fingerprint density at radius 3 is 2.00 bits per heavy atom. The number of hydrogen-bond acceptors (Lipinski definition) is 5. The van der Waals surface area contributed by atoms with Crippen LogP contribution in [0.25, 0.3) is 0 Å². The quantitative estimate of drug-likeness (QED) is 0.445. The average Bonchev–Trinajstić information content (AvgIpc) is 2.75. The Hall–Kier alpha value is -3.52. The molecule has 3 rings (SSSR count). The van der Waals surface area contributed by atoms with E-state index in [1.165, 1.54) is 24.3 Å². The van der Waals surface area contributed by atoms with Crippen LogP contribution in [-0.2, 0) is 0 Å². The molecule has 0 aliphatic rings. The van der Waals surface area contributed by atoms with Gasteiger partial charge in [-0.2, -0.15) is 10.3 Å². The minimum absolute atomic E-state index is 0.121. The molecule has 7 heteroatoms. The highest BCUT2D eigenvalue weighted by Gasteiger charge is 2.11. The van der Waals surface area contributed by atoms with Crippen molar-refractivity contribution in [2.75, 3.05) is 19.0 Å². The number of hydrogen-bond donors (Lipinski definition) is 3. The normalized spacial score (nSPS) is 12.3.